The van der Waals surface area contributed by atoms with Crippen molar-refractivity contribution in [1.29, 1.82) is 0 Å². The first-order chi connectivity index (χ1) is 9.92. The van der Waals surface area contributed by atoms with Crippen molar-refractivity contribution in [2.75, 3.05) is 24.5 Å². The molecule has 0 aliphatic rings. The molecule has 1 aromatic heterocycles. The molecule has 0 aliphatic carbocycles. The summed E-state index contributed by atoms with van der Waals surface area (Å²) in [5.74, 6) is 1.00. The molecule has 0 aromatic carbocycles. The molecular weight excluding hydrogens is 266 g/mol. The second kappa shape index (κ2) is 8.49. The van der Waals surface area contributed by atoms with E-state index in [9.17, 15) is 4.79 Å². The van der Waals surface area contributed by atoms with Crippen molar-refractivity contribution in [2.24, 2.45) is 0 Å². The highest BCUT2D eigenvalue weighted by molar-refractivity contribution is 5.67. The van der Waals surface area contributed by atoms with Crippen molar-refractivity contribution in [2.45, 2.75) is 46.1 Å². The van der Waals surface area contributed by atoms with Crippen LogP contribution in [0.25, 0.3) is 0 Å². The summed E-state index contributed by atoms with van der Waals surface area (Å²) >= 11 is 0. The third-order valence-electron chi connectivity index (χ3n) is 2.88. The average Bonchev–Trinajstić information content (AvgIpc) is 2.42. The highest BCUT2D eigenvalue weighted by Gasteiger charge is 2.15. The Morgan fingerprint density at radius 1 is 1.33 bits per heavy atom. The lowest BCUT2D eigenvalue weighted by Crippen LogP contribution is -2.33. The molecule has 0 radical (unpaired) electrons. The number of anilines is 1. The lowest BCUT2D eigenvalue weighted by Gasteiger charge is -2.22. The maximum Gasteiger partial charge on any atom is 0.407 e. The molecule has 1 N–H and O–H groups in total. The average molecular weight is 293 g/mol. The van der Waals surface area contributed by atoms with E-state index in [1.54, 1.807) is 0 Å². The Bertz CT molecular complexity index is 415. The number of unbranched alkanes of at least 4 members (excludes halogenated alkanes) is 1. The van der Waals surface area contributed by atoms with E-state index in [-0.39, 0.29) is 6.09 Å². The van der Waals surface area contributed by atoms with Crippen LogP contribution in [0.3, 0.4) is 0 Å². The Hall–Kier alpha value is -1.78. The van der Waals surface area contributed by atoms with Gasteiger partial charge in [0.1, 0.15) is 11.4 Å². The van der Waals surface area contributed by atoms with Gasteiger partial charge in [-0.25, -0.2) is 9.78 Å². The van der Waals surface area contributed by atoms with Gasteiger partial charge in [0.2, 0.25) is 0 Å². The molecule has 1 aromatic rings. The summed E-state index contributed by atoms with van der Waals surface area (Å²) in [5, 5.41) is 2.78. The highest BCUT2D eigenvalue weighted by Crippen LogP contribution is 2.10. The minimum Gasteiger partial charge on any atom is -0.444 e. The van der Waals surface area contributed by atoms with Gasteiger partial charge in [0, 0.05) is 25.8 Å². The zero-order valence-electron chi connectivity index (χ0n) is 13.6. The van der Waals surface area contributed by atoms with E-state index in [0.717, 1.165) is 31.7 Å². The third kappa shape index (κ3) is 7.54. The number of ether oxygens (including phenoxy) is 1. The van der Waals surface area contributed by atoms with Crippen molar-refractivity contribution in [1.82, 2.24) is 10.3 Å². The standard InChI is InChI=1S/C16H27N3O2/c1-5-19(14-10-6-7-11-17-14)13-9-8-12-18-15(20)21-16(2,3)4/h6-7,10-11H,5,8-9,12-13H2,1-4H3,(H,18,20). The zero-order chi connectivity index (χ0) is 15.7. The van der Waals surface area contributed by atoms with Crippen LogP contribution in [0.4, 0.5) is 10.6 Å². The minimum atomic E-state index is -0.442. The first-order valence-corrected chi connectivity index (χ1v) is 7.55. The second-order valence-electron chi connectivity index (χ2n) is 5.90. The largest absolute Gasteiger partial charge is 0.444 e. The fourth-order valence-corrected chi connectivity index (χ4v) is 1.91. The summed E-state index contributed by atoms with van der Waals surface area (Å²) < 4.78 is 5.19. The van der Waals surface area contributed by atoms with Crippen LogP contribution in [0.2, 0.25) is 0 Å². The minimum absolute atomic E-state index is 0.348. The van der Waals surface area contributed by atoms with Gasteiger partial charge in [0.15, 0.2) is 0 Å². The van der Waals surface area contributed by atoms with Crippen LogP contribution in [-0.4, -0.2) is 36.3 Å². The molecule has 1 amide bonds. The summed E-state index contributed by atoms with van der Waals surface area (Å²) in [6, 6.07) is 5.93. The number of alkyl carbamates (subject to hydrolysis) is 1. The molecule has 5 heteroatoms. The lowest BCUT2D eigenvalue weighted by molar-refractivity contribution is 0.0527. The molecule has 0 saturated carbocycles. The van der Waals surface area contributed by atoms with Crippen LogP contribution in [-0.2, 0) is 4.74 Å². The SMILES string of the molecule is CCN(CCCCNC(=O)OC(C)(C)C)c1ccccn1. The fraction of sp³-hybridized carbons (Fsp3) is 0.625. The number of nitrogens with one attached hydrogen (secondary N) is 1. The Labute approximate surface area is 127 Å². The number of amides is 1. The number of carbonyl (C=O) groups excluding carboxylic acids is 1. The molecule has 118 valence electrons. The molecule has 1 rings (SSSR count). The summed E-state index contributed by atoms with van der Waals surface area (Å²) in [4.78, 5) is 18.1. The monoisotopic (exact) mass is 293 g/mol. The summed E-state index contributed by atoms with van der Waals surface area (Å²) in [6.07, 6.45) is 3.38. The van der Waals surface area contributed by atoms with E-state index in [4.69, 9.17) is 4.74 Å². The van der Waals surface area contributed by atoms with Crippen molar-refractivity contribution >= 4 is 11.9 Å². The van der Waals surface area contributed by atoms with E-state index in [2.05, 4.69) is 22.1 Å². The van der Waals surface area contributed by atoms with Crippen LogP contribution in [0.5, 0.6) is 0 Å². The second-order valence-corrected chi connectivity index (χ2v) is 5.90. The number of carbonyl (C=O) groups is 1. The van der Waals surface area contributed by atoms with Gasteiger partial charge in [-0.3, -0.25) is 0 Å². The predicted octanol–water partition coefficient (Wildman–Crippen LogP) is 3.21. The molecular formula is C16H27N3O2. The van der Waals surface area contributed by atoms with Gasteiger partial charge in [0.05, 0.1) is 0 Å². The van der Waals surface area contributed by atoms with Crippen LogP contribution >= 0.6 is 0 Å². The number of hydrogen-bond acceptors (Lipinski definition) is 4. The van der Waals surface area contributed by atoms with Crippen molar-refractivity contribution in [3.8, 4) is 0 Å². The van der Waals surface area contributed by atoms with E-state index in [0.29, 0.717) is 6.54 Å². The van der Waals surface area contributed by atoms with Crippen molar-refractivity contribution < 1.29 is 9.53 Å². The Morgan fingerprint density at radius 3 is 2.67 bits per heavy atom. The maximum absolute atomic E-state index is 11.5. The zero-order valence-corrected chi connectivity index (χ0v) is 13.6. The van der Waals surface area contributed by atoms with Gasteiger partial charge >= 0.3 is 6.09 Å². The number of pyridine rings is 1. The van der Waals surface area contributed by atoms with Crippen molar-refractivity contribution in [3.05, 3.63) is 24.4 Å². The third-order valence-corrected chi connectivity index (χ3v) is 2.88. The topological polar surface area (TPSA) is 54.5 Å². The first-order valence-electron chi connectivity index (χ1n) is 7.55. The fourth-order valence-electron chi connectivity index (χ4n) is 1.91. The molecule has 0 aliphatic heterocycles. The number of nitrogens with zero attached hydrogens (tertiary/aromatic N) is 2. The Kier molecular flexibility index (Phi) is 6.99. The Morgan fingerprint density at radius 2 is 2.10 bits per heavy atom. The van der Waals surface area contributed by atoms with Gasteiger partial charge in [0.25, 0.3) is 0 Å². The molecule has 0 unspecified atom stereocenters. The lowest BCUT2D eigenvalue weighted by atomic mass is 10.2. The predicted molar refractivity (Wildman–Crippen MR) is 85.6 cm³/mol. The van der Waals surface area contributed by atoms with Crippen LogP contribution in [0, 0.1) is 0 Å². The van der Waals surface area contributed by atoms with Gasteiger partial charge in [-0.2, -0.15) is 0 Å². The smallest absolute Gasteiger partial charge is 0.407 e. The first kappa shape index (κ1) is 17.3. The highest BCUT2D eigenvalue weighted by atomic mass is 16.6. The van der Waals surface area contributed by atoms with Crippen molar-refractivity contribution in [3.63, 3.8) is 0 Å². The van der Waals surface area contributed by atoms with Gasteiger partial charge in [-0.15, -0.1) is 0 Å². The molecule has 0 saturated heterocycles. The quantitative estimate of drug-likeness (QED) is 0.784. The molecule has 0 spiro atoms. The number of aromatic nitrogens is 1. The normalized spacial score (nSPS) is 11.0. The van der Waals surface area contributed by atoms with Crippen LogP contribution in [0.15, 0.2) is 24.4 Å². The molecule has 1 heterocycles. The van der Waals surface area contributed by atoms with Gasteiger partial charge in [-0.05, 0) is 52.7 Å². The molecule has 0 bridgehead atoms. The Balaban J connectivity index is 2.20. The molecule has 5 nitrogen and oxygen atoms in total. The van der Waals surface area contributed by atoms with E-state index in [1.807, 2.05) is 45.2 Å². The van der Waals surface area contributed by atoms with E-state index < -0.39 is 5.60 Å². The van der Waals surface area contributed by atoms with Gasteiger partial charge in [-0.1, -0.05) is 6.07 Å². The molecule has 0 atom stereocenters. The van der Waals surface area contributed by atoms with E-state index >= 15 is 0 Å². The van der Waals surface area contributed by atoms with Crippen LogP contribution < -0.4 is 10.2 Å². The number of rotatable bonds is 7. The van der Waals surface area contributed by atoms with Crippen LogP contribution in [0.1, 0.15) is 40.5 Å². The van der Waals surface area contributed by atoms with Gasteiger partial charge < -0.3 is 15.0 Å². The molecule has 21 heavy (non-hydrogen) atoms. The number of hydrogen-bond donors (Lipinski definition) is 1. The summed E-state index contributed by atoms with van der Waals surface area (Å²) in [5.41, 5.74) is -0.442. The summed E-state index contributed by atoms with van der Waals surface area (Å²) in [7, 11) is 0. The molecule has 0 fully saturated rings. The summed E-state index contributed by atoms with van der Waals surface area (Å²) in [6.45, 7) is 10.2. The van der Waals surface area contributed by atoms with E-state index in [1.165, 1.54) is 0 Å². The maximum atomic E-state index is 11.5.